The van der Waals surface area contributed by atoms with Crippen LogP contribution in [-0.4, -0.2) is 44.1 Å². The van der Waals surface area contributed by atoms with E-state index in [4.69, 9.17) is 5.11 Å². The number of carboxylic acid groups (broad SMARTS) is 1. The lowest BCUT2D eigenvalue weighted by atomic mass is 10.0. The lowest BCUT2D eigenvalue weighted by Gasteiger charge is -2.32. The van der Waals surface area contributed by atoms with Gasteiger partial charge in [0.15, 0.2) is 5.69 Å². The molecule has 0 bridgehead atoms. The molecule has 16 heavy (non-hydrogen) atoms. The predicted octanol–water partition coefficient (Wildman–Crippen LogP) is 0.617. The van der Waals surface area contributed by atoms with Crippen molar-refractivity contribution in [3.63, 3.8) is 0 Å². The number of hydrogen-bond acceptors (Lipinski definition) is 5. The summed E-state index contributed by atoms with van der Waals surface area (Å²) in [6.45, 7) is 0.479. The Balaban J connectivity index is 2.17. The van der Waals surface area contributed by atoms with Gasteiger partial charge in [-0.25, -0.2) is 4.79 Å². The highest BCUT2D eigenvalue weighted by molar-refractivity contribution is 7.03. The Morgan fingerprint density at radius 1 is 1.50 bits per heavy atom. The molecule has 0 aromatic carbocycles. The van der Waals surface area contributed by atoms with Gasteiger partial charge >= 0.3 is 5.97 Å². The molecule has 0 unspecified atom stereocenters. The molecule has 7 heteroatoms. The van der Waals surface area contributed by atoms with Gasteiger partial charge in [0.25, 0.3) is 5.91 Å². The second-order valence-corrected chi connectivity index (χ2v) is 4.25. The normalized spacial score (nSPS) is 20.8. The summed E-state index contributed by atoms with van der Waals surface area (Å²) >= 11 is 1.09. The van der Waals surface area contributed by atoms with E-state index in [1.165, 1.54) is 10.3 Å². The lowest BCUT2D eigenvalue weighted by molar-refractivity contribution is -0.143. The molecule has 1 amide bonds. The van der Waals surface area contributed by atoms with Crippen LogP contribution in [0.25, 0.3) is 0 Å². The number of likely N-dealkylation sites (tertiary alicyclic amines) is 1. The fraction of sp³-hybridized carbons (Fsp3) is 0.556. The maximum atomic E-state index is 11.9. The Morgan fingerprint density at radius 3 is 2.94 bits per heavy atom. The van der Waals surface area contributed by atoms with Gasteiger partial charge in [-0.05, 0) is 30.8 Å². The van der Waals surface area contributed by atoms with Crippen LogP contribution in [0.5, 0.6) is 0 Å². The van der Waals surface area contributed by atoms with Gasteiger partial charge in [0, 0.05) is 11.9 Å². The molecule has 1 fully saturated rings. The molecule has 1 aromatic heterocycles. The van der Waals surface area contributed by atoms with Crippen molar-refractivity contribution in [3.8, 4) is 0 Å². The van der Waals surface area contributed by atoms with Gasteiger partial charge in [-0.15, -0.1) is 5.10 Å². The van der Waals surface area contributed by atoms with Crippen LogP contribution in [0.1, 0.15) is 29.8 Å². The maximum absolute atomic E-state index is 11.9. The van der Waals surface area contributed by atoms with Crippen molar-refractivity contribution in [2.24, 2.45) is 0 Å². The number of piperidine rings is 1. The van der Waals surface area contributed by atoms with E-state index in [2.05, 4.69) is 9.59 Å². The summed E-state index contributed by atoms with van der Waals surface area (Å²) in [6, 6.07) is -0.719. The zero-order valence-corrected chi connectivity index (χ0v) is 9.31. The molecule has 1 aliphatic rings. The molecule has 1 saturated heterocycles. The molecular weight excluding hydrogens is 230 g/mol. The van der Waals surface area contributed by atoms with Crippen LogP contribution in [0.4, 0.5) is 0 Å². The van der Waals surface area contributed by atoms with E-state index in [9.17, 15) is 9.59 Å². The highest BCUT2D eigenvalue weighted by atomic mass is 32.1. The summed E-state index contributed by atoms with van der Waals surface area (Å²) < 4.78 is 3.60. The van der Waals surface area contributed by atoms with Crippen LogP contribution >= 0.6 is 11.5 Å². The molecule has 6 nitrogen and oxygen atoms in total. The SMILES string of the molecule is O=C(O)[C@H]1CCCCN1C(=O)c1csnn1. The standard InChI is InChI=1S/C9H11N3O3S/c13-8(6-5-16-11-10-6)12-4-2-1-3-7(12)9(14)15/h5,7H,1-4H2,(H,14,15)/t7-/m1/s1. The summed E-state index contributed by atoms with van der Waals surface area (Å²) in [5.41, 5.74) is 0.234. The third kappa shape index (κ3) is 2.04. The number of amides is 1. The first-order valence-corrected chi connectivity index (χ1v) is 5.84. The van der Waals surface area contributed by atoms with Crippen molar-refractivity contribution in [2.45, 2.75) is 25.3 Å². The fourth-order valence-electron chi connectivity index (χ4n) is 1.84. The molecule has 0 saturated carbocycles. The Kier molecular flexibility index (Phi) is 3.14. The van der Waals surface area contributed by atoms with Gasteiger partial charge in [0.2, 0.25) is 0 Å². The van der Waals surface area contributed by atoms with Gasteiger partial charge in [-0.1, -0.05) is 4.49 Å². The summed E-state index contributed by atoms with van der Waals surface area (Å²) in [7, 11) is 0. The lowest BCUT2D eigenvalue weighted by Crippen LogP contribution is -2.48. The van der Waals surface area contributed by atoms with Crippen LogP contribution in [0.15, 0.2) is 5.38 Å². The number of aliphatic carboxylic acids is 1. The summed E-state index contributed by atoms with van der Waals surface area (Å²) in [6.07, 6.45) is 2.20. The Hall–Kier alpha value is -1.50. The maximum Gasteiger partial charge on any atom is 0.326 e. The fourth-order valence-corrected chi connectivity index (χ4v) is 2.27. The van der Waals surface area contributed by atoms with Crippen LogP contribution in [0.2, 0.25) is 0 Å². The number of carbonyl (C=O) groups is 2. The topological polar surface area (TPSA) is 83.4 Å². The van der Waals surface area contributed by atoms with Crippen LogP contribution in [0, 0.1) is 0 Å². The van der Waals surface area contributed by atoms with Crippen molar-refractivity contribution in [1.82, 2.24) is 14.5 Å². The minimum absolute atomic E-state index is 0.234. The molecule has 1 aliphatic heterocycles. The number of aromatic nitrogens is 2. The number of nitrogens with zero attached hydrogens (tertiary/aromatic N) is 3. The van der Waals surface area contributed by atoms with Crippen molar-refractivity contribution in [3.05, 3.63) is 11.1 Å². The van der Waals surface area contributed by atoms with Gasteiger partial charge in [-0.3, -0.25) is 4.79 Å². The minimum Gasteiger partial charge on any atom is -0.480 e. The van der Waals surface area contributed by atoms with Crippen LogP contribution < -0.4 is 0 Å². The van der Waals surface area contributed by atoms with Gasteiger partial charge in [-0.2, -0.15) is 0 Å². The molecule has 2 rings (SSSR count). The van der Waals surface area contributed by atoms with Gasteiger partial charge < -0.3 is 10.0 Å². The highest BCUT2D eigenvalue weighted by Gasteiger charge is 2.33. The molecule has 1 aromatic rings. The Labute approximate surface area is 96.0 Å². The molecule has 1 N–H and O–H groups in total. The third-order valence-corrected chi connectivity index (χ3v) is 3.13. The monoisotopic (exact) mass is 241 g/mol. The summed E-state index contributed by atoms with van der Waals surface area (Å²) in [5, 5.41) is 14.2. The van der Waals surface area contributed by atoms with E-state index in [0.717, 1.165) is 24.4 Å². The predicted molar refractivity (Wildman–Crippen MR) is 56.2 cm³/mol. The molecule has 1 atom stereocenters. The zero-order chi connectivity index (χ0) is 11.5. The van der Waals surface area contributed by atoms with E-state index in [0.29, 0.717) is 13.0 Å². The third-order valence-electron chi connectivity index (χ3n) is 2.63. The number of carbonyl (C=O) groups excluding carboxylic acids is 1. The van der Waals surface area contributed by atoms with E-state index in [1.807, 2.05) is 0 Å². The highest BCUT2D eigenvalue weighted by Crippen LogP contribution is 2.19. The average Bonchev–Trinajstić information content (AvgIpc) is 2.81. The van der Waals surface area contributed by atoms with Crippen LogP contribution in [0.3, 0.4) is 0 Å². The van der Waals surface area contributed by atoms with Crippen molar-refractivity contribution >= 4 is 23.4 Å². The van der Waals surface area contributed by atoms with Crippen LogP contribution in [-0.2, 0) is 4.79 Å². The molecular formula is C9H11N3O3S. The number of carboxylic acids is 1. The van der Waals surface area contributed by atoms with Crippen molar-refractivity contribution in [1.29, 1.82) is 0 Å². The summed E-state index contributed by atoms with van der Waals surface area (Å²) in [5.74, 6) is -1.28. The van der Waals surface area contributed by atoms with Crippen molar-refractivity contribution < 1.29 is 14.7 Å². The second-order valence-electron chi connectivity index (χ2n) is 3.64. The average molecular weight is 241 g/mol. The molecule has 0 spiro atoms. The number of rotatable bonds is 2. The van der Waals surface area contributed by atoms with Gasteiger partial charge in [0.1, 0.15) is 6.04 Å². The van der Waals surface area contributed by atoms with Crippen molar-refractivity contribution in [2.75, 3.05) is 6.54 Å². The molecule has 86 valence electrons. The smallest absolute Gasteiger partial charge is 0.326 e. The Bertz CT molecular complexity index is 393. The largest absolute Gasteiger partial charge is 0.480 e. The van der Waals surface area contributed by atoms with E-state index < -0.39 is 12.0 Å². The second kappa shape index (κ2) is 4.56. The first-order valence-electron chi connectivity index (χ1n) is 5.01. The first-order chi connectivity index (χ1) is 7.70. The summed E-state index contributed by atoms with van der Waals surface area (Å²) in [4.78, 5) is 24.3. The van der Waals surface area contributed by atoms with E-state index >= 15 is 0 Å². The Morgan fingerprint density at radius 2 is 2.31 bits per heavy atom. The molecule has 0 aliphatic carbocycles. The zero-order valence-electron chi connectivity index (χ0n) is 8.50. The van der Waals surface area contributed by atoms with E-state index in [-0.39, 0.29) is 11.6 Å². The van der Waals surface area contributed by atoms with Gasteiger partial charge in [0.05, 0.1) is 0 Å². The molecule has 0 radical (unpaired) electrons. The number of hydrogen-bond donors (Lipinski definition) is 1. The first kappa shape index (κ1) is 11.0. The van der Waals surface area contributed by atoms with E-state index in [1.54, 1.807) is 0 Å². The molecule has 2 heterocycles. The minimum atomic E-state index is -0.948. The quantitative estimate of drug-likeness (QED) is 0.820.